The lowest BCUT2D eigenvalue weighted by Crippen LogP contribution is -2.19. The molecular formula is C8H15O+. The van der Waals surface area contributed by atoms with Crippen molar-refractivity contribution in [2.75, 3.05) is 0 Å². The lowest BCUT2D eigenvalue weighted by atomic mass is 9.86. The van der Waals surface area contributed by atoms with E-state index in [9.17, 15) is 0 Å². The fourth-order valence-electron chi connectivity index (χ4n) is 1.45. The van der Waals surface area contributed by atoms with Gasteiger partial charge in [-0.2, -0.15) is 0 Å². The molecule has 0 spiro atoms. The Morgan fingerprint density at radius 2 is 2.44 bits per heavy atom. The highest BCUT2D eigenvalue weighted by atomic mass is 16.3. The molecule has 0 bridgehead atoms. The van der Waals surface area contributed by atoms with Crippen molar-refractivity contribution in [3.8, 4) is 0 Å². The smallest absolute Gasteiger partial charge is 0.194 e. The highest BCUT2D eigenvalue weighted by molar-refractivity contribution is 4.83. The van der Waals surface area contributed by atoms with Crippen molar-refractivity contribution in [3.05, 3.63) is 6.42 Å². The van der Waals surface area contributed by atoms with Crippen LogP contribution in [0.2, 0.25) is 0 Å². The second-order valence-corrected chi connectivity index (χ2v) is 2.89. The molecule has 1 N–H and O–H groups in total. The van der Waals surface area contributed by atoms with Crippen LogP contribution in [0.5, 0.6) is 0 Å². The summed E-state index contributed by atoms with van der Waals surface area (Å²) >= 11 is 0. The lowest BCUT2D eigenvalue weighted by molar-refractivity contribution is 0.142. The van der Waals surface area contributed by atoms with Crippen molar-refractivity contribution in [3.63, 3.8) is 0 Å². The average Bonchev–Trinajstić information content (AvgIpc) is 1.88. The van der Waals surface area contributed by atoms with Crippen molar-refractivity contribution < 1.29 is 5.11 Å². The van der Waals surface area contributed by atoms with Crippen LogP contribution in [0.3, 0.4) is 0 Å². The molecular weight excluding hydrogens is 112 g/mol. The van der Waals surface area contributed by atoms with E-state index in [4.69, 9.17) is 5.11 Å². The van der Waals surface area contributed by atoms with Crippen LogP contribution in [-0.4, -0.2) is 11.2 Å². The van der Waals surface area contributed by atoms with Crippen LogP contribution >= 0.6 is 0 Å². The van der Waals surface area contributed by atoms with Gasteiger partial charge < -0.3 is 5.11 Å². The van der Waals surface area contributed by atoms with Gasteiger partial charge in [0.2, 0.25) is 0 Å². The van der Waals surface area contributed by atoms with Gasteiger partial charge in [-0.1, -0.05) is 13.3 Å². The minimum atomic E-state index is -0.108. The molecule has 0 saturated heterocycles. The fourth-order valence-corrected chi connectivity index (χ4v) is 1.45. The van der Waals surface area contributed by atoms with Crippen LogP contribution in [-0.2, 0) is 0 Å². The van der Waals surface area contributed by atoms with Crippen molar-refractivity contribution in [2.24, 2.45) is 5.92 Å². The summed E-state index contributed by atoms with van der Waals surface area (Å²) in [4.78, 5) is 0. The number of rotatable bonds is 1. The Morgan fingerprint density at radius 1 is 1.67 bits per heavy atom. The van der Waals surface area contributed by atoms with Crippen LogP contribution in [0.15, 0.2) is 0 Å². The molecule has 0 aliphatic heterocycles. The van der Waals surface area contributed by atoms with Crippen LogP contribution in [0.1, 0.15) is 32.6 Å². The summed E-state index contributed by atoms with van der Waals surface area (Å²) in [6.07, 6.45) is 6.53. The van der Waals surface area contributed by atoms with E-state index in [-0.39, 0.29) is 6.10 Å². The highest BCUT2D eigenvalue weighted by Crippen LogP contribution is 2.25. The molecule has 0 aromatic rings. The summed E-state index contributed by atoms with van der Waals surface area (Å²) in [5.41, 5.74) is 0. The molecule has 0 radical (unpaired) electrons. The molecule has 9 heavy (non-hydrogen) atoms. The fraction of sp³-hybridized carbons (Fsp3) is 0.875. The Hall–Kier alpha value is -0.170. The van der Waals surface area contributed by atoms with E-state index in [1.165, 1.54) is 12.8 Å². The van der Waals surface area contributed by atoms with Gasteiger partial charge in [0.05, 0.1) is 6.42 Å². The first-order chi connectivity index (χ1) is 4.33. The average molecular weight is 127 g/mol. The third-order valence-corrected chi connectivity index (χ3v) is 2.17. The van der Waals surface area contributed by atoms with E-state index in [2.05, 4.69) is 6.92 Å². The maximum Gasteiger partial charge on any atom is 0.194 e. The second-order valence-electron chi connectivity index (χ2n) is 2.89. The summed E-state index contributed by atoms with van der Waals surface area (Å²) in [5, 5.41) is 9.16. The summed E-state index contributed by atoms with van der Waals surface area (Å²) in [5.74, 6) is 0.782. The van der Waals surface area contributed by atoms with Crippen molar-refractivity contribution in [1.82, 2.24) is 0 Å². The molecule has 1 aliphatic rings. The summed E-state index contributed by atoms with van der Waals surface area (Å²) in [7, 11) is 0. The number of aliphatic hydroxyl groups excluding tert-OH is 1. The predicted molar refractivity (Wildman–Crippen MR) is 37.9 cm³/mol. The number of hydrogen-bond acceptors (Lipinski definition) is 1. The summed E-state index contributed by atoms with van der Waals surface area (Å²) in [6.45, 7) is 2.20. The molecule has 1 saturated carbocycles. The number of hydrogen-bond donors (Lipinski definition) is 1. The van der Waals surface area contributed by atoms with Crippen LogP contribution < -0.4 is 0 Å². The van der Waals surface area contributed by atoms with Gasteiger partial charge in [0.15, 0.2) is 6.10 Å². The zero-order valence-corrected chi connectivity index (χ0v) is 6.01. The van der Waals surface area contributed by atoms with Gasteiger partial charge >= 0.3 is 0 Å². The van der Waals surface area contributed by atoms with Gasteiger partial charge in [0.1, 0.15) is 6.42 Å². The quantitative estimate of drug-likeness (QED) is 0.532. The lowest BCUT2D eigenvalue weighted by Gasteiger charge is -2.17. The molecule has 0 heterocycles. The third kappa shape index (κ3) is 1.90. The molecule has 0 amide bonds. The molecule has 2 atom stereocenters. The molecule has 0 unspecified atom stereocenters. The predicted octanol–water partition coefficient (Wildman–Crippen LogP) is 1.76. The van der Waals surface area contributed by atoms with Crippen molar-refractivity contribution in [1.29, 1.82) is 0 Å². The first-order valence-corrected chi connectivity index (χ1v) is 3.84. The van der Waals surface area contributed by atoms with Gasteiger partial charge in [-0.3, -0.25) is 0 Å². The SMILES string of the molecule is CC[C@H]1CC[CH+][C@@H](O)C1. The van der Waals surface area contributed by atoms with E-state index in [1.807, 2.05) is 6.42 Å². The molecule has 0 aromatic heterocycles. The second kappa shape index (κ2) is 3.11. The van der Waals surface area contributed by atoms with Crippen LogP contribution in [0.25, 0.3) is 0 Å². The molecule has 1 aliphatic carbocycles. The van der Waals surface area contributed by atoms with Crippen molar-refractivity contribution >= 4 is 0 Å². The first kappa shape index (κ1) is 6.94. The molecule has 1 heteroatoms. The summed E-state index contributed by atoms with van der Waals surface area (Å²) < 4.78 is 0. The van der Waals surface area contributed by atoms with Crippen LogP contribution in [0, 0.1) is 12.3 Å². The first-order valence-electron chi connectivity index (χ1n) is 3.84. The zero-order valence-electron chi connectivity index (χ0n) is 6.01. The Morgan fingerprint density at radius 3 is 2.89 bits per heavy atom. The van der Waals surface area contributed by atoms with E-state index in [0.717, 1.165) is 18.8 Å². The molecule has 52 valence electrons. The summed E-state index contributed by atoms with van der Waals surface area (Å²) in [6, 6.07) is 0. The standard InChI is InChI=1S/C8H15O/c1-2-7-4-3-5-8(9)6-7/h5,7-9H,2-4,6H2,1H3/q+1/t7-,8+/m0/s1. The van der Waals surface area contributed by atoms with Crippen molar-refractivity contribution in [2.45, 2.75) is 38.7 Å². The van der Waals surface area contributed by atoms with Gasteiger partial charge in [-0.15, -0.1) is 0 Å². The van der Waals surface area contributed by atoms with E-state index in [1.54, 1.807) is 0 Å². The van der Waals surface area contributed by atoms with E-state index in [0.29, 0.717) is 0 Å². The monoisotopic (exact) mass is 127 g/mol. The Bertz CT molecular complexity index is 80.6. The van der Waals surface area contributed by atoms with Gasteiger partial charge in [0, 0.05) is 6.42 Å². The Balaban J connectivity index is 2.23. The molecule has 1 fully saturated rings. The van der Waals surface area contributed by atoms with E-state index >= 15 is 0 Å². The highest BCUT2D eigenvalue weighted by Gasteiger charge is 2.24. The van der Waals surface area contributed by atoms with E-state index < -0.39 is 0 Å². The minimum absolute atomic E-state index is 0.108. The zero-order chi connectivity index (χ0) is 6.69. The Kier molecular flexibility index (Phi) is 2.40. The van der Waals surface area contributed by atoms with Crippen LogP contribution in [0.4, 0.5) is 0 Å². The minimum Gasteiger partial charge on any atom is -0.353 e. The maximum atomic E-state index is 9.16. The Labute approximate surface area is 57.1 Å². The van der Waals surface area contributed by atoms with Gasteiger partial charge in [-0.25, -0.2) is 0 Å². The maximum absolute atomic E-state index is 9.16. The molecule has 0 aromatic carbocycles. The van der Waals surface area contributed by atoms with Gasteiger partial charge in [0.25, 0.3) is 0 Å². The largest absolute Gasteiger partial charge is 0.353 e. The number of aliphatic hydroxyl groups is 1. The third-order valence-electron chi connectivity index (χ3n) is 2.17. The molecule has 1 rings (SSSR count). The topological polar surface area (TPSA) is 20.2 Å². The van der Waals surface area contributed by atoms with Gasteiger partial charge in [-0.05, 0) is 12.3 Å². The molecule has 1 nitrogen and oxygen atoms in total. The normalized spacial score (nSPS) is 35.8.